The fourth-order valence-corrected chi connectivity index (χ4v) is 2.68. The van der Waals surface area contributed by atoms with Gasteiger partial charge in [0.1, 0.15) is 0 Å². The van der Waals surface area contributed by atoms with Gasteiger partial charge in [-0.2, -0.15) is 0 Å². The van der Waals surface area contributed by atoms with Gasteiger partial charge >= 0.3 is 5.97 Å². The monoisotopic (exact) mass is 349 g/mol. The zero-order valence-corrected chi connectivity index (χ0v) is 15.2. The van der Waals surface area contributed by atoms with Crippen LogP contribution in [0.5, 0.6) is 11.5 Å². The number of rotatable bonds is 10. The van der Waals surface area contributed by atoms with Crippen molar-refractivity contribution in [3.05, 3.63) is 23.8 Å². The van der Waals surface area contributed by atoms with Gasteiger partial charge in [0, 0.05) is 19.0 Å². The normalized spacial score (nSPS) is 13.2. The number of nitrogens with zero attached hydrogens (tertiary/aromatic N) is 1. The predicted molar refractivity (Wildman–Crippen MR) is 93.8 cm³/mol. The molecule has 0 N–H and O–H groups in total. The Morgan fingerprint density at radius 3 is 2.44 bits per heavy atom. The molecule has 0 heterocycles. The molecule has 1 saturated carbocycles. The van der Waals surface area contributed by atoms with Crippen LogP contribution in [0.1, 0.15) is 31.7 Å². The van der Waals surface area contributed by atoms with Crippen molar-refractivity contribution in [2.75, 3.05) is 33.9 Å². The van der Waals surface area contributed by atoms with Crippen LogP contribution in [0.25, 0.3) is 0 Å². The van der Waals surface area contributed by atoms with Crippen LogP contribution < -0.4 is 9.47 Å². The minimum absolute atomic E-state index is 0.132. The molecule has 0 radical (unpaired) electrons. The maximum absolute atomic E-state index is 12.4. The molecule has 0 bridgehead atoms. The fourth-order valence-electron chi connectivity index (χ4n) is 2.68. The number of benzene rings is 1. The molecule has 0 aliphatic heterocycles. The molecule has 1 aliphatic carbocycles. The molecule has 1 aromatic carbocycles. The van der Waals surface area contributed by atoms with Crippen molar-refractivity contribution in [1.29, 1.82) is 0 Å². The lowest BCUT2D eigenvalue weighted by molar-refractivity contribution is -0.144. The zero-order valence-electron chi connectivity index (χ0n) is 15.2. The maximum atomic E-state index is 12.4. The second kappa shape index (κ2) is 9.30. The quantitative estimate of drug-likeness (QED) is 0.607. The molecular formula is C19H27NO5. The third kappa shape index (κ3) is 5.66. The van der Waals surface area contributed by atoms with Crippen molar-refractivity contribution in [2.24, 2.45) is 5.92 Å². The molecule has 6 heteroatoms. The summed E-state index contributed by atoms with van der Waals surface area (Å²) in [4.78, 5) is 25.8. The minimum atomic E-state index is -0.262. The molecule has 1 fully saturated rings. The first kappa shape index (κ1) is 19.1. The Morgan fingerprint density at radius 1 is 1.12 bits per heavy atom. The van der Waals surface area contributed by atoms with Crippen molar-refractivity contribution in [3.8, 4) is 11.5 Å². The zero-order chi connectivity index (χ0) is 18.2. The standard InChI is InChI=1S/C19H27NO5/c1-4-25-18(21)10-12-20(19(22)15-6-7-15)11-9-14-5-8-16(23-2)17(13-14)24-3/h5,8,13,15H,4,6-7,9-12H2,1-3H3. The van der Waals surface area contributed by atoms with E-state index >= 15 is 0 Å². The number of esters is 1. The summed E-state index contributed by atoms with van der Waals surface area (Å²) in [5.41, 5.74) is 1.06. The van der Waals surface area contributed by atoms with Crippen LogP contribution in [0.15, 0.2) is 18.2 Å². The van der Waals surface area contributed by atoms with Gasteiger partial charge in [-0.05, 0) is 43.9 Å². The van der Waals surface area contributed by atoms with Crippen LogP contribution in [0, 0.1) is 5.92 Å². The summed E-state index contributed by atoms with van der Waals surface area (Å²) >= 11 is 0. The highest BCUT2D eigenvalue weighted by molar-refractivity contribution is 5.81. The third-order valence-electron chi connectivity index (χ3n) is 4.25. The van der Waals surface area contributed by atoms with E-state index in [4.69, 9.17) is 14.2 Å². The third-order valence-corrected chi connectivity index (χ3v) is 4.25. The van der Waals surface area contributed by atoms with E-state index in [-0.39, 0.29) is 24.2 Å². The SMILES string of the molecule is CCOC(=O)CCN(CCc1ccc(OC)c(OC)c1)C(=O)C1CC1. The van der Waals surface area contributed by atoms with Crippen molar-refractivity contribution in [2.45, 2.75) is 32.6 Å². The summed E-state index contributed by atoms with van der Waals surface area (Å²) in [6, 6.07) is 5.75. The van der Waals surface area contributed by atoms with Gasteiger partial charge in [-0.15, -0.1) is 0 Å². The van der Waals surface area contributed by atoms with Crippen LogP contribution >= 0.6 is 0 Å². The molecule has 138 valence electrons. The molecule has 1 aromatic rings. The number of hydrogen-bond donors (Lipinski definition) is 0. The highest BCUT2D eigenvalue weighted by atomic mass is 16.5. The average Bonchev–Trinajstić information content (AvgIpc) is 3.46. The first-order valence-electron chi connectivity index (χ1n) is 8.74. The number of amides is 1. The van der Waals surface area contributed by atoms with Crippen LogP contribution in [-0.4, -0.2) is 50.7 Å². The predicted octanol–water partition coefficient (Wildman–Crippen LogP) is 2.44. The topological polar surface area (TPSA) is 65.1 Å². The van der Waals surface area contributed by atoms with Crippen molar-refractivity contribution in [1.82, 2.24) is 4.90 Å². The lowest BCUT2D eigenvalue weighted by Crippen LogP contribution is -2.36. The lowest BCUT2D eigenvalue weighted by atomic mass is 10.1. The van der Waals surface area contributed by atoms with Gasteiger partial charge in [0.15, 0.2) is 11.5 Å². The van der Waals surface area contributed by atoms with Gasteiger partial charge in [0.05, 0.1) is 27.2 Å². The molecule has 2 rings (SSSR count). The molecular weight excluding hydrogens is 322 g/mol. The Hall–Kier alpha value is -2.24. The van der Waals surface area contributed by atoms with Gasteiger partial charge in [-0.3, -0.25) is 9.59 Å². The van der Waals surface area contributed by atoms with E-state index in [1.54, 1.807) is 26.0 Å². The van der Waals surface area contributed by atoms with Crippen LogP contribution in [0.2, 0.25) is 0 Å². The Kier molecular flexibility index (Phi) is 7.10. The Labute approximate surface area is 149 Å². The molecule has 25 heavy (non-hydrogen) atoms. The van der Waals surface area contributed by atoms with Gasteiger partial charge < -0.3 is 19.1 Å². The van der Waals surface area contributed by atoms with E-state index in [2.05, 4.69) is 0 Å². The van der Waals surface area contributed by atoms with E-state index in [1.165, 1.54) is 0 Å². The van der Waals surface area contributed by atoms with Gasteiger partial charge in [0.2, 0.25) is 5.91 Å². The molecule has 0 saturated heterocycles. The first-order valence-corrected chi connectivity index (χ1v) is 8.74. The number of carbonyl (C=O) groups is 2. The molecule has 0 spiro atoms. The Balaban J connectivity index is 1.96. The van der Waals surface area contributed by atoms with E-state index in [1.807, 2.05) is 18.2 Å². The highest BCUT2D eigenvalue weighted by Gasteiger charge is 2.33. The van der Waals surface area contributed by atoms with Crippen molar-refractivity contribution in [3.63, 3.8) is 0 Å². The number of hydrogen-bond acceptors (Lipinski definition) is 5. The van der Waals surface area contributed by atoms with Gasteiger partial charge in [-0.1, -0.05) is 6.07 Å². The molecule has 0 unspecified atom stereocenters. The molecule has 0 atom stereocenters. The molecule has 0 aromatic heterocycles. The summed E-state index contributed by atoms with van der Waals surface area (Å²) in [5.74, 6) is 1.37. The lowest BCUT2D eigenvalue weighted by Gasteiger charge is -2.22. The Bertz CT molecular complexity index is 597. The first-order chi connectivity index (χ1) is 12.1. The largest absolute Gasteiger partial charge is 0.493 e. The molecule has 6 nitrogen and oxygen atoms in total. The summed E-state index contributed by atoms with van der Waals surface area (Å²) in [6.45, 7) is 3.12. The van der Waals surface area contributed by atoms with E-state index < -0.39 is 0 Å². The molecule has 1 aliphatic rings. The summed E-state index contributed by atoms with van der Waals surface area (Å²) < 4.78 is 15.5. The number of carbonyl (C=O) groups excluding carboxylic acids is 2. The van der Waals surface area contributed by atoms with Crippen LogP contribution in [0.3, 0.4) is 0 Å². The summed E-state index contributed by atoms with van der Waals surface area (Å²) in [6.07, 6.45) is 2.83. The maximum Gasteiger partial charge on any atom is 0.307 e. The van der Waals surface area contributed by atoms with Crippen LogP contribution in [0.4, 0.5) is 0 Å². The summed E-state index contributed by atoms with van der Waals surface area (Å²) in [5, 5.41) is 0. The van der Waals surface area contributed by atoms with E-state index in [0.29, 0.717) is 37.6 Å². The second-order valence-electron chi connectivity index (χ2n) is 6.09. The molecule has 1 amide bonds. The van der Waals surface area contributed by atoms with Crippen molar-refractivity contribution < 1.29 is 23.8 Å². The van der Waals surface area contributed by atoms with E-state index in [0.717, 1.165) is 18.4 Å². The highest BCUT2D eigenvalue weighted by Crippen LogP contribution is 2.31. The average molecular weight is 349 g/mol. The van der Waals surface area contributed by atoms with Crippen molar-refractivity contribution >= 4 is 11.9 Å². The smallest absolute Gasteiger partial charge is 0.307 e. The van der Waals surface area contributed by atoms with Gasteiger partial charge in [0.25, 0.3) is 0 Å². The summed E-state index contributed by atoms with van der Waals surface area (Å²) in [7, 11) is 3.20. The van der Waals surface area contributed by atoms with E-state index in [9.17, 15) is 9.59 Å². The second-order valence-corrected chi connectivity index (χ2v) is 6.09. The fraction of sp³-hybridized carbons (Fsp3) is 0.579. The van der Waals surface area contributed by atoms with Gasteiger partial charge in [-0.25, -0.2) is 0 Å². The Morgan fingerprint density at radius 2 is 1.84 bits per heavy atom. The number of methoxy groups -OCH3 is 2. The number of ether oxygens (including phenoxy) is 3. The van der Waals surface area contributed by atoms with Crippen LogP contribution in [-0.2, 0) is 20.7 Å². The minimum Gasteiger partial charge on any atom is -0.493 e.